The molecule has 50 heavy (non-hydrogen) atoms. The lowest BCUT2D eigenvalue weighted by atomic mass is 10.0. The fraction of sp³-hybridized carbons (Fsp3) is 0.297. The molecule has 0 aromatic heterocycles. The standard InChI is InChI=1S/C37H39ClN4O7S/c1-26-15-20-33(23-34(26)42(45)46)50(47,48)41(31-16-18-32(49-2)19-17-31)25-36(43)40(24-28-11-8-12-29(38)21-28)35(22-27-9-4-3-5-10-27)37(44)39-30-13-6-7-14-30/h3-5,8-12,15-21,23,30,35H,6-7,13-14,22,24-25H2,1-2H3,(H,39,44)/t35-/m0/s1. The van der Waals surface area contributed by atoms with Gasteiger partial charge in [-0.25, -0.2) is 8.42 Å². The highest BCUT2D eigenvalue weighted by Crippen LogP contribution is 2.30. The second-order valence-electron chi connectivity index (χ2n) is 12.3. The molecule has 5 rings (SSSR count). The number of halogens is 1. The molecule has 1 atom stereocenters. The van der Waals surface area contributed by atoms with Crippen LogP contribution in [0.25, 0.3) is 0 Å². The monoisotopic (exact) mass is 718 g/mol. The van der Waals surface area contributed by atoms with Crippen LogP contribution in [0.2, 0.25) is 5.02 Å². The fourth-order valence-electron chi connectivity index (χ4n) is 6.10. The number of nitrogens with zero attached hydrogens (tertiary/aromatic N) is 3. The van der Waals surface area contributed by atoms with Crippen LogP contribution in [0, 0.1) is 17.0 Å². The molecule has 1 fully saturated rings. The smallest absolute Gasteiger partial charge is 0.273 e. The van der Waals surface area contributed by atoms with Gasteiger partial charge in [0.2, 0.25) is 11.8 Å². The van der Waals surface area contributed by atoms with Gasteiger partial charge in [0, 0.05) is 35.7 Å². The van der Waals surface area contributed by atoms with E-state index in [4.69, 9.17) is 16.3 Å². The van der Waals surface area contributed by atoms with E-state index >= 15 is 0 Å². The van der Waals surface area contributed by atoms with Gasteiger partial charge in [-0.3, -0.25) is 24.0 Å². The molecule has 4 aromatic carbocycles. The summed E-state index contributed by atoms with van der Waals surface area (Å²) in [5.74, 6) is -0.546. The first kappa shape index (κ1) is 36.3. The van der Waals surface area contributed by atoms with E-state index in [0.717, 1.165) is 41.6 Å². The van der Waals surface area contributed by atoms with E-state index in [1.807, 2.05) is 30.3 Å². The zero-order valence-electron chi connectivity index (χ0n) is 27.8. The molecule has 0 spiro atoms. The fourth-order valence-corrected chi connectivity index (χ4v) is 7.75. The molecule has 0 bridgehead atoms. The second-order valence-corrected chi connectivity index (χ2v) is 14.6. The van der Waals surface area contributed by atoms with Crippen molar-refractivity contribution in [3.05, 3.63) is 129 Å². The van der Waals surface area contributed by atoms with Crippen molar-refractivity contribution in [1.29, 1.82) is 0 Å². The quantitative estimate of drug-likeness (QED) is 0.117. The Hall–Kier alpha value is -4.94. The van der Waals surface area contributed by atoms with E-state index in [9.17, 15) is 28.1 Å². The Kier molecular flexibility index (Phi) is 11.8. The van der Waals surface area contributed by atoms with Gasteiger partial charge in [-0.1, -0.05) is 73.0 Å². The van der Waals surface area contributed by atoms with Gasteiger partial charge in [0.25, 0.3) is 15.7 Å². The van der Waals surface area contributed by atoms with E-state index < -0.39 is 33.4 Å². The molecule has 1 N–H and O–H groups in total. The van der Waals surface area contributed by atoms with Gasteiger partial charge in [0.15, 0.2) is 0 Å². The summed E-state index contributed by atoms with van der Waals surface area (Å²) in [6.45, 7) is 0.761. The molecular formula is C37H39ClN4O7S. The van der Waals surface area contributed by atoms with Crippen LogP contribution in [-0.4, -0.2) is 55.8 Å². The lowest BCUT2D eigenvalue weighted by Crippen LogP contribution is -2.54. The Morgan fingerprint density at radius 3 is 2.28 bits per heavy atom. The van der Waals surface area contributed by atoms with Crippen molar-refractivity contribution >= 4 is 44.8 Å². The third-order valence-electron chi connectivity index (χ3n) is 8.82. The van der Waals surface area contributed by atoms with Crippen molar-refractivity contribution in [3.8, 4) is 5.75 Å². The Bertz CT molecular complexity index is 1940. The SMILES string of the molecule is COc1ccc(N(CC(=O)N(Cc2cccc(Cl)c2)[C@@H](Cc2ccccc2)C(=O)NC2CCCC2)S(=O)(=O)c2ccc(C)c([N+](=O)[O-])c2)cc1. The molecule has 11 nitrogen and oxygen atoms in total. The van der Waals surface area contributed by atoms with Crippen molar-refractivity contribution in [2.24, 2.45) is 0 Å². The van der Waals surface area contributed by atoms with E-state index in [1.54, 1.807) is 36.4 Å². The number of rotatable bonds is 14. The minimum atomic E-state index is -4.56. The number of hydrogen-bond acceptors (Lipinski definition) is 7. The van der Waals surface area contributed by atoms with E-state index in [0.29, 0.717) is 16.3 Å². The molecule has 2 amide bonds. The molecule has 0 unspecified atom stereocenters. The van der Waals surface area contributed by atoms with E-state index in [2.05, 4.69) is 5.32 Å². The maximum atomic E-state index is 14.7. The molecule has 0 saturated heterocycles. The summed E-state index contributed by atoms with van der Waals surface area (Å²) in [5, 5.41) is 15.3. The topological polar surface area (TPSA) is 139 Å². The zero-order chi connectivity index (χ0) is 35.8. The molecule has 0 radical (unpaired) electrons. The van der Waals surface area contributed by atoms with Crippen LogP contribution >= 0.6 is 11.6 Å². The first-order chi connectivity index (χ1) is 24.0. The van der Waals surface area contributed by atoms with Crippen molar-refractivity contribution in [2.75, 3.05) is 18.0 Å². The molecule has 0 aliphatic heterocycles. The van der Waals surface area contributed by atoms with Crippen LogP contribution in [0.1, 0.15) is 42.4 Å². The number of anilines is 1. The summed E-state index contributed by atoms with van der Waals surface area (Å²) in [6.07, 6.45) is 3.82. The molecule has 0 heterocycles. The van der Waals surface area contributed by atoms with Crippen LogP contribution in [0.4, 0.5) is 11.4 Å². The Labute approximate surface area is 297 Å². The lowest BCUT2D eigenvalue weighted by Gasteiger charge is -2.34. The van der Waals surface area contributed by atoms with Crippen molar-refractivity contribution in [1.82, 2.24) is 10.2 Å². The number of sulfonamides is 1. The number of ether oxygens (including phenoxy) is 1. The van der Waals surface area contributed by atoms with Gasteiger partial charge in [0.1, 0.15) is 18.3 Å². The lowest BCUT2D eigenvalue weighted by molar-refractivity contribution is -0.385. The molecule has 262 valence electrons. The van der Waals surface area contributed by atoms with Crippen LogP contribution in [0.5, 0.6) is 5.75 Å². The molecular weight excluding hydrogens is 680 g/mol. The predicted octanol–water partition coefficient (Wildman–Crippen LogP) is 6.46. The number of nitro benzene ring substituents is 1. The Balaban J connectivity index is 1.59. The third kappa shape index (κ3) is 8.80. The highest BCUT2D eigenvalue weighted by molar-refractivity contribution is 7.92. The van der Waals surface area contributed by atoms with Gasteiger partial charge >= 0.3 is 0 Å². The maximum absolute atomic E-state index is 14.7. The second kappa shape index (κ2) is 16.2. The molecule has 1 aliphatic carbocycles. The third-order valence-corrected chi connectivity index (χ3v) is 10.8. The first-order valence-corrected chi connectivity index (χ1v) is 18.1. The predicted molar refractivity (Wildman–Crippen MR) is 192 cm³/mol. The summed E-state index contributed by atoms with van der Waals surface area (Å²) in [7, 11) is -3.09. The summed E-state index contributed by atoms with van der Waals surface area (Å²) in [5.41, 5.74) is 1.49. The van der Waals surface area contributed by atoms with Gasteiger partial charge in [-0.2, -0.15) is 0 Å². The van der Waals surface area contributed by atoms with Crippen LogP contribution in [0.3, 0.4) is 0 Å². The number of amides is 2. The number of aryl methyl sites for hydroxylation is 1. The minimum absolute atomic E-state index is 0.0302. The summed E-state index contributed by atoms with van der Waals surface area (Å²) in [4.78, 5) is 41.0. The highest BCUT2D eigenvalue weighted by atomic mass is 35.5. The Morgan fingerprint density at radius 1 is 0.960 bits per heavy atom. The van der Waals surface area contributed by atoms with E-state index in [1.165, 1.54) is 43.2 Å². The minimum Gasteiger partial charge on any atom is -0.497 e. The van der Waals surface area contributed by atoms with Gasteiger partial charge in [-0.15, -0.1) is 0 Å². The Morgan fingerprint density at radius 2 is 1.64 bits per heavy atom. The van der Waals surface area contributed by atoms with Crippen molar-refractivity contribution < 1.29 is 27.7 Å². The number of nitrogens with one attached hydrogen (secondary N) is 1. The average molecular weight is 719 g/mol. The van der Waals surface area contributed by atoms with Crippen LogP contribution in [-0.2, 0) is 32.6 Å². The molecule has 4 aromatic rings. The summed E-state index contributed by atoms with van der Waals surface area (Å²) < 4.78 is 34.9. The van der Waals surface area contributed by atoms with E-state index in [-0.39, 0.29) is 46.7 Å². The number of hydrogen-bond donors (Lipinski definition) is 1. The average Bonchev–Trinajstić information content (AvgIpc) is 3.62. The van der Waals surface area contributed by atoms with Crippen LogP contribution in [0.15, 0.2) is 102 Å². The molecule has 1 aliphatic rings. The van der Waals surface area contributed by atoms with Gasteiger partial charge in [0.05, 0.1) is 22.6 Å². The van der Waals surface area contributed by atoms with Crippen molar-refractivity contribution in [3.63, 3.8) is 0 Å². The largest absolute Gasteiger partial charge is 0.497 e. The zero-order valence-corrected chi connectivity index (χ0v) is 29.4. The normalized spacial score (nSPS) is 13.7. The summed E-state index contributed by atoms with van der Waals surface area (Å²) in [6, 6.07) is 24.9. The van der Waals surface area contributed by atoms with Gasteiger partial charge < -0.3 is 15.0 Å². The van der Waals surface area contributed by atoms with Crippen LogP contribution < -0.4 is 14.4 Å². The van der Waals surface area contributed by atoms with Gasteiger partial charge in [-0.05, 0) is 73.4 Å². The number of carbonyl (C=O) groups is 2. The molecule has 1 saturated carbocycles. The highest BCUT2D eigenvalue weighted by Gasteiger charge is 2.36. The number of benzene rings is 4. The molecule has 13 heteroatoms. The number of methoxy groups -OCH3 is 1. The maximum Gasteiger partial charge on any atom is 0.273 e. The number of carbonyl (C=O) groups excluding carboxylic acids is 2. The first-order valence-electron chi connectivity index (χ1n) is 16.3. The summed E-state index contributed by atoms with van der Waals surface area (Å²) >= 11 is 6.33. The van der Waals surface area contributed by atoms with Crippen molar-refractivity contribution in [2.45, 2.75) is 62.6 Å². The number of nitro groups is 1.